The first-order chi connectivity index (χ1) is 14.0. The van der Waals surface area contributed by atoms with Crippen LogP contribution in [-0.4, -0.2) is 15.7 Å². The standard InChI is InChI=1S/C23H17F2N3O/c1-15-7-9-16(10-8-15)21-14-22(28(27-21)18-5-3-2-4-6-18)26-23(29)19-12-11-17(24)13-20(19)25/h2-14H,1H3,(H,26,29). The number of anilines is 1. The molecule has 0 saturated carbocycles. The van der Waals surface area contributed by atoms with Crippen LogP contribution < -0.4 is 5.32 Å². The summed E-state index contributed by atoms with van der Waals surface area (Å²) in [6.07, 6.45) is 0. The van der Waals surface area contributed by atoms with E-state index in [1.807, 2.05) is 61.5 Å². The van der Waals surface area contributed by atoms with E-state index in [-0.39, 0.29) is 5.56 Å². The minimum atomic E-state index is -0.924. The van der Waals surface area contributed by atoms with Crippen LogP contribution in [0, 0.1) is 18.6 Å². The maximum atomic E-state index is 14.0. The lowest BCUT2D eigenvalue weighted by Gasteiger charge is -2.09. The smallest absolute Gasteiger partial charge is 0.259 e. The molecule has 0 bridgehead atoms. The quantitative estimate of drug-likeness (QED) is 0.509. The number of nitrogens with one attached hydrogen (secondary N) is 1. The van der Waals surface area contributed by atoms with Gasteiger partial charge in [-0.3, -0.25) is 4.79 Å². The zero-order valence-corrected chi connectivity index (χ0v) is 15.6. The van der Waals surface area contributed by atoms with Crippen LogP contribution in [0.15, 0.2) is 78.9 Å². The molecule has 29 heavy (non-hydrogen) atoms. The van der Waals surface area contributed by atoms with Gasteiger partial charge in [0.2, 0.25) is 0 Å². The number of para-hydroxylation sites is 1. The molecule has 1 N–H and O–H groups in total. The van der Waals surface area contributed by atoms with Crippen LogP contribution in [0.4, 0.5) is 14.6 Å². The molecular formula is C23H17F2N3O. The van der Waals surface area contributed by atoms with Gasteiger partial charge in [0.05, 0.1) is 16.9 Å². The SMILES string of the molecule is Cc1ccc(-c2cc(NC(=O)c3ccc(F)cc3F)n(-c3ccccc3)n2)cc1. The molecule has 144 valence electrons. The molecular weight excluding hydrogens is 372 g/mol. The summed E-state index contributed by atoms with van der Waals surface area (Å²) in [5.41, 5.74) is 3.15. The van der Waals surface area contributed by atoms with Crippen molar-refractivity contribution in [2.24, 2.45) is 0 Å². The van der Waals surface area contributed by atoms with Gasteiger partial charge in [-0.05, 0) is 31.2 Å². The highest BCUT2D eigenvalue weighted by Gasteiger charge is 2.17. The van der Waals surface area contributed by atoms with Crippen molar-refractivity contribution in [2.75, 3.05) is 5.32 Å². The van der Waals surface area contributed by atoms with E-state index in [4.69, 9.17) is 0 Å². The molecule has 0 atom stereocenters. The Morgan fingerprint density at radius 2 is 1.66 bits per heavy atom. The van der Waals surface area contributed by atoms with E-state index in [9.17, 15) is 13.6 Å². The zero-order valence-electron chi connectivity index (χ0n) is 15.6. The largest absolute Gasteiger partial charge is 0.306 e. The molecule has 0 unspecified atom stereocenters. The molecule has 1 amide bonds. The summed E-state index contributed by atoms with van der Waals surface area (Å²) in [5, 5.41) is 7.30. The Balaban J connectivity index is 1.74. The number of carbonyl (C=O) groups is 1. The van der Waals surface area contributed by atoms with E-state index in [1.54, 1.807) is 10.7 Å². The number of hydrogen-bond donors (Lipinski definition) is 1. The van der Waals surface area contributed by atoms with E-state index in [0.29, 0.717) is 17.6 Å². The number of hydrogen-bond acceptors (Lipinski definition) is 2. The normalized spacial score (nSPS) is 10.7. The molecule has 0 aliphatic carbocycles. The molecule has 0 radical (unpaired) electrons. The van der Waals surface area contributed by atoms with Crippen molar-refractivity contribution in [1.29, 1.82) is 0 Å². The Labute approximate surface area is 166 Å². The number of rotatable bonds is 4. The third-order valence-electron chi connectivity index (χ3n) is 4.47. The van der Waals surface area contributed by atoms with Gasteiger partial charge in [-0.2, -0.15) is 5.10 Å². The summed E-state index contributed by atoms with van der Waals surface area (Å²) in [4.78, 5) is 12.6. The fourth-order valence-corrected chi connectivity index (χ4v) is 2.96. The maximum absolute atomic E-state index is 14.0. The third-order valence-corrected chi connectivity index (χ3v) is 4.47. The van der Waals surface area contributed by atoms with Gasteiger partial charge in [0.25, 0.3) is 5.91 Å². The van der Waals surface area contributed by atoms with Crippen molar-refractivity contribution in [2.45, 2.75) is 6.92 Å². The van der Waals surface area contributed by atoms with Crippen LogP contribution in [0.2, 0.25) is 0 Å². The predicted octanol–water partition coefficient (Wildman–Crippen LogP) is 5.38. The van der Waals surface area contributed by atoms with E-state index >= 15 is 0 Å². The van der Waals surface area contributed by atoms with Gasteiger partial charge in [-0.1, -0.05) is 48.0 Å². The lowest BCUT2D eigenvalue weighted by Crippen LogP contribution is -2.16. The molecule has 0 saturated heterocycles. The first kappa shape index (κ1) is 18.6. The van der Waals surface area contributed by atoms with Gasteiger partial charge in [0.15, 0.2) is 0 Å². The summed E-state index contributed by atoms with van der Waals surface area (Å²) in [7, 11) is 0. The van der Waals surface area contributed by atoms with E-state index in [0.717, 1.165) is 28.9 Å². The third kappa shape index (κ3) is 3.91. The average molecular weight is 389 g/mol. The van der Waals surface area contributed by atoms with Crippen LogP contribution in [-0.2, 0) is 0 Å². The van der Waals surface area contributed by atoms with E-state index < -0.39 is 17.5 Å². The summed E-state index contributed by atoms with van der Waals surface area (Å²) in [6, 6.07) is 21.7. The number of carbonyl (C=O) groups excluding carboxylic acids is 1. The Bertz CT molecular complexity index is 1170. The summed E-state index contributed by atoms with van der Waals surface area (Å²) in [5.74, 6) is -1.97. The number of benzene rings is 3. The number of nitrogens with zero attached hydrogens (tertiary/aromatic N) is 2. The van der Waals surface area contributed by atoms with Gasteiger partial charge in [-0.25, -0.2) is 13.5 Å². The van der Waals surface area contributed by atoms with Crippen LogP contribution in [0.25, 0.3) is 16.9 Å². The maximum Gasteiger partial charge on any atom is 0.259 e. The molecule has 4 aromatic rings. The van der Waals surface area contributed by atoms with Crippen molar-refractivity contribution in [3.63, 3.8) is 0 Å². The molecule has 0 fully saturated rings. The van der Waals surface area contributed by atoms with Crippen molar-refractivity contribution >= 4 is 11.7 Å². The topological polar surface area (TPSA) is 46.9 Å². The lowest BCUT2D eigenvalue weighted by molar-refractivity contribution is 0.102. The number of halogens is 2. The second-order valence-electron chi connectivity index (χ2n) is 6.61. The molecule has 0 aliphatic heterocycles. The van der Waals surface area contributed by atoms with Gasteiger partial charge in [0, 0.05) is 17.7 Å². The van der Waals surface area contributed by atoms with Crippen molar-refractivity contribution in [3.05, 3.63) is 102 Å². The van der Waals surface area contributed by atoms with Gasteiger partial charge in [0.1, 0.15) is 17.5 Å². The van der Waals surface area contributed by atoms with Crippen molar-refractivity contribution < 1.29 is 13.6 Å². The second-order valence-corrected chi connectivity index (χ2v) is 6.61. The van der Waals surface area contributed by atoms with Gasteiger partial charge in [-0.15, -0.1) is 0 Å². The molecule has 1 heterocycles. The molecule has 0 aliphatic rings. The summed E-state index contributed by atoms with van der Waals surface area (Å²) in [6.45, 7) is 2.00. The summed E-state index contributed by atoms with van der Waals surface area (Å²) < 4.78 is 28.7. The minimum Gasteiger partial charge on any atom is -0.306 e. The number of amides is 1. The van der Waals surface area contributed by atoms with Gasteiger partial charge < -0.3 is 5.32 Å². The molecule has 4 nitrogen and oxygen atoms in total. The van der Waals surface area contributed by atoms with Crippen molar-refractivity contribution in [1.82, 2.24) is 9.78 Å². The zero-order chi connectivity index (χ0) is 20.4. The fraction of sp³-hybridized carbons (Fsp3) is 0.0435. The predicted molar refractivity (Wildman–Crippen MR) is 108 cm³/mol. The monoisotopic (exact) mass is 389 g/mol. The molecule has 4 rings (SSSR count). The second kappa shape index (κ2) is 7.67. The van der Waals surface area contributed by atoms with E-state index in [2.05, 4.69) is 10.4 Å². The highest BCUT2D eigenvalue weighted by Crippen LogP contribution is 2.26. The van der Waals surface area contributed by atoms with Crippen LogP contribution in [0.5, 0.6) is 0 Å². The minimum absolute atomic E-state index is 0.246. The van der Waals surface area contributed by atoms with Crippen LogP contribution >= 0.6 is 0 Å². The highest BCUT2D eigenvalue weighted by atomic mass is 19.1. The average Bonchev–Trinajstić information content (AvgIpc) is 3.12. The molecule has 0 spiro atoms. The lowest BCUT2D eigenvalue weighted by atomic mass is 10.1. The van der Waals surface area contributed by atoms with Crippen LogP contribution in [0.1, 0.15) is 15.9 Å². The Kier molecular flexibility index (Phi) is 4.91. The Hall–Kier alpha value is -3.80. The first-order valence-electron chi connectivity index (χ1n) is 9.00. The molecule has 6 heteroatoms. The Morgan fingerprint density at radius 1 is 0.931 bits per heavy atom. The number of aromatic nitrogens is 2. The van der Waals surface area contributed by atoms with Crippen molar-refractivity contribution in [3.8, 4) is 16.9 Å². The Morgan fingerprint density at radius 3 is 2.34 bits per heavy atom. The first-order valence-corrected chi connectivity index (χ1v) is 9.00. The summed E-state index contributed by atoms with van der Waals surface area (Å²) >= 11 is 0. The molecule has 1 aromatic heterocycles. The molecule has 3 aromatic carbocycles. The van der Waals surface area contributed by atoms with E-state index in [1.165, 1.54) is 0 Å². The number of aryl methyl sites for hydroxylation is 1. The van der Waals surface area contributed by atoms with Gasteiger partial charge >= 0.3 is 0 Å². The van der Waals surface area contributed by atoms with Crippen LogP contribution in [0.3, 0.4) is 0 Å². The highest BCUT2D eigenvalue weighted by molar-refractivity contribution is 6.04. The fourth-order valence-electron chi connectivity index (χ4n) is 2.96.